The smallest absolute Gasteiger partial charge is 0.430 e. The normalized spacial score (nSPS) is 18.3. The molecule has 2 heterocycles. The number of likely N-dealkylation sites (N-methyl/N-ethyl adjacent to an activating group) is 1. The summed E-state index contributed by atoms with van der Waals surface area (Å²) in [6, 6.07) is 21.6. The number of nitrogens with one attached hydrogen (secondary N) is 3. The van der Waals surface area contributed by atoms with Crippen LogP contribution in [0.15, 0.2) is 66.7 Å². The van der Waals surface area contributed by atoms with Gasteiger partial charge in [0, 0.05) is 68.5 Å². The monoisotopic (exact) mass is 643 g/mol. The number of carbonyl (C=O) groups is 2. The summed E-state index contributed by atoms with van der Waals surface area (Å²) in [6.07, 6.45) is -5.19. The van der Waals surface area contributed by atoms with Crippen LogP contribution in [-0.4, -0.2) is 86.3 Å². The minimum absolute atomic E-state index is 0.113. The molecule has 2 fully saturated rings. The molecule has 5 rings (SSSR count). The largest absolute Gasteiger partial charge is 0.542 e. The molecule has 0 unspecified atom stereocenters. The fraction of sp³-hybridized carbons (Fsp3) is 0.412. The molecule has 3 aromatic carbocycles. The minimum atomic E-state index is -5.19. The Kier molecular flexibility index (Phi) is 11.9. The van der Waals surface area contributed by atoms with Crippen molar-refractivity contribution in [2.75, 3.05) is 52.9 Å². The van der Waals surface area contributed by atoms with Crippen LogP contribution in [0.25, 0.3) is 11.1 Å². The lowest BCUT2D eigenvalue weighted by molar-refractivity contribution is -0.924. The van der Waals surface area contributed by atoms with Crippen LogP contribution in [-0.2, 0) is 24.4 Å². The third kappa shape index (κ3) is 10.3. The molecule has 46 heavy (non-hydrogen) atoms. The van der Waals surface area contributed by atoms with Gasteiger partial charge in [-0.15, -0.1) is 0 Å². The van der Waals surface area contributed by atoms with E-state index in [0.29, 0.717) is 23.7 Å². The van der Waals surface area contributed by atoms with Crippen molar-refractivity contribution in [1.29, 1.82) is 0 Å². The highest BCUT2D eigenvalue weighted by atomic mass is 19.4. The standard InChI is InChI=1S/C32H40FN5O.C2HF3O2/c1-24-21-37(14-11-35-24)22-26-5-3-7-28(17-26)30-19-25(9-10-31(30)33)20-36-32(39)29-8-4-6-27(18-29)23-38(2)15-12-34-13-16-38;3-2(4,5)1(6)7/h3-10,17-19,24,34-35H,11-16,20-23H2,1-2H3;(H,6,7)/t24-;/m0./s1. The lowest BCUT2D eigenvalue weighted by Crippen LogP contribution is -2.55. The van der Waals surface area contributed by atoms with Crippen molar-refractivity contribution in [3.8, 4) is 11.1 Å². The molecule has 1 amide bonds. The van der Waals surface area contributed by atoms with Crippen LogP contribution in [0.1, 0.15) is 34.0 Å². The van der Waals surface area contributed by atoms with Gasteiger partial charge < -0.3 is 30.3 Å². The summed E-state index contributed by atoms with van der Waals surface area (Å²) in [7, 11) is 2.28. The van der Waals surface area contributed by atoms with Crippen LogP contribution < -0.4 is 21.1 Å². The third-order valence-corrected chi connectivity index (χ3v) is 8.22. The van der Waals surface area contributed by atoms with Crippen LogP contribution in [0, 0.1) is 5.82 Å². The first-order valence-electron chi connectivity index (χ1n) is 15.3. The van der Waals surface area contributed by atoms with E-state index in [-0.39, 0.29) is 11.7 Å². The molecule has 2 saturated heterocycles. The fourth-order valence-corrected chi connectivity index (χ4v) is 5.78. The predicted molar refractivity (Wildman–Crippen MR) is 166 cm³/mol. The number of amides is 1. The average molecular weight is 644 g/mol. The van der Waals surface area contributed by atoms with E-state index in [9.17, 15) is 22.4 Å². The highest BCUT2D eigenvalue weighted by Gasteiger charge is 2.29. The summed E-state index contributed by atoms with van der Waals surface area (Å²) in [6.45, 7) is 11.5. The van der Waals surface area contributed by atoms with E-state index < -0.39 is 12.1 Å². The maximum Gasteiger partial charge on any atom is 0.430 e. The van der Waals surface area contributed by atoms with Gasteiger partial charge in [0.25, 0.3) is 5.91 Å². The summed E-state index contributed by atoms with van der Waals surface area (Å²) in [5, 5.41) is 18.7. The molecule has 3 aromatic rings. The molecule has 0 aliphatic carbocycles. The zero-order valence-corrected chi connectivity index (χ0v) is 26.1. The number of carbonyl (C=O) groups excluding carboxylic acids is 2. The second-order valence-electron chi connectivity index (χ2n) is 12.2. The molecule has 0 bridgehead atoms. The zero-order chi connectivity index (χ0) is 33.3. The minimum Gasteiger partial charge on any atom is -0.542 e. The van der Waals surface area contributed by atoms with E-state index >= 15 is 0 Å². The molecule has 0 aromatic heterocycles. The lowest BCUT2D eigenvalue weighted by Gasteiger charge is -2.38. The molecule has 12 heteroatoms. The molecule has 0 radical (unpaired) electrons. The average Bonchev–Trinajstić information content (AvgIpc) is 3.01. The Hall–Kier alpha value is -3.84. The first-order valence-corrected chi connectivity index (χ1v) is 15.3. The van der Waals surface area contributed by atoms with E-state index in [0.717, 1.165) is 74.5 Å². The summed E-state index contributed by atoms with van der Waals surface area (Å²) in [5.74, 6) is -3.37. The van der Waals surface area contributed by atoms with E-state index in [4.69, 9.17) is 9.90 Å². The highest BCUT2D eigenvalue weighted by Crippen LogP contribution is 2.26. The lowest BCUT2D eigenvalue weighted by atomic mass is 10.00. The Balaban J connectivity index is 0.000000617. The summed E-state index contributed by atoms with van der Waals surface area (Å²) in [5.41, 5.74) is 5.30. The molecule has 0 saturated carbocycles. The Morgan fingerprint density at radius 2 is 1.67 bits per heavy atom. The SMILES string of the molecule is C[C@H]1CN(Cc2cccc(-c3cc(CNC(=O)c4cccc(C[N+]5(C)CCNCC5)c4)ccc3F)c2)CCN1.O=C([O-])C(F)(F)F. The van der Waals surface area contributed by atoms with Crippen LogP contribution in [0.2, 0.25) is 0 Å². The third-order valence-electron chi connectivity index (χ3n) is 8.22. The van der Waals surface area contributed by atoms with Gasteiger partial charge in [0.2, 0.25) is 0 Å². The van der Waals surface area contributed by atoms with E-state index in [2.05, 4.69) is 53.0 Å². The number of carboxylic acid groups (broad SMARTS) is 1. The maximum atomic E-state index is 14.9. The number of rotatable bonds is 8. The molecule has 2 aliphatic heterocycles. The number of hydrogen-bond donors (Lipinski definition) is 3. The molecule has 248 valence electrons. The first-order chi connectivity index (χ1) is 21.8. The van der Waals surface area contributed by atoms with Crippen LogP contribution in [0.4, 0.5) is 17.6 Å². The Labute approximate surface area is 267 Å². The molecule has 3 N–H and O–H groups in total. The van der Waals surface area contributed by atoms with Crippen LogP contribution >= 0.6 is 0 Å². The number of hydrogen-bond acceptors (Lipinski definition) is 6. The van der Waals surface area contributed by atoms with Gasteiger partial charge >= 0.3 is 6.18 Å². The zero-order valence-electron chi connectivity index (χ0n) is 26.1. The fourth-order valence-electron chi connectivity index (χ4n) is 5.78. The second-order valence-corrected chi connectivity index (χ2v) is 12.2. The summed E-state index contributed by atoms with van der Waals surface area (Å²) >= 11 is 0. The predicted octanol–water partition coefficient (Wildman–Crippen LogP) is 3.06. The number of carboxylic acids is 1. The Morgan fingerprint density at radius 3 is 2.37 bits per heavy atom. The number of piperazine rings is 2. The first kappa shape index (κ1) is 35.0. The van der Waals surface area contributed by atoms with Crippen LogP contribution in [0.5, 0.6) is 0 Å². The van der Waals surface area contributed by atoms with Gasteiger partial charge in [0.05, 0.1) is 20.1 Å². The molecular weight excluding hydrogens is 602 g/mol. The molecule has 0 spiro atoms. The number of aliphatic carboxylic acids is 1. The second kappa shape index (κ2) is 15.6. The van der Waals surface area contributed by atoms with Gasteiger partial charge in [-0.1, -0.05) is 36.4 Å². The van der Waals surface area contributed by atoms with E-state index in [1.54, 1.807) is 6.07 Å². The number of quaternary nitrogens is 1. The van der Waals surface area contributed by atoms with Gasteiger partial charge in [-0.25, -0.2) is 4.39 Å². The van der Waals surface area contributed by atoms with Crippen molar-refractivity contribution in [1.82, 2.24) is 20.9 Å². The van der Waals surface area contributed by atoms with Gasteiger partial charge in [-0.2, -0.15) is 13.2 Å². The van der Waals surface area contributed by atoms with Gasteiger partial charge in [-0.3, -0.25) is 9.69 Å². The number of benzene rings is 3. The van der Waals surface area contributed by atoms with Gasteiger partial charge in [0.1, 0.15) is 18.3 Å². The molecule has 1 atom stereocenters. The number of halogens is 4. The molecule has 8 nitrogen and oxygen atoms in total. The van der Waals surface area contributed by atoms with Gasteiger partial charge in [-0.05, 0) is 53.9 Å². The molecular formula is C34H41F4N5O3. The maximum absolute atomic E-state index is 14.9. The van der Waals surface area contributed by atoms with Crippen molar-refractivity contribution >= 4 is 11.9 Å². The van der Waals surface area contributed by atoms with Crippen molar-refractivity contribution in [2.45, 2.75) is 38.8 Å². The summed E-state index contributed by atoms with van der Waals surface area (Å²) in [4.78, 5) is 24.2. The number of alkyl halides is 3. The van der Waals surface area contributed by atoms with Crippen molar-refractivity contribution in [3.05, 3.63) is 94.8 Å². The van der Waals surface area contributed by atoms with Crippen molar-refractivity contribution in [2.24, 2.45) is 0 Å². The molecule has 2 aliphatic rings. The Bertz CT molecular complexity index is 1490. The number of nitrogens with zero attached hydrogens (tertiary/aromatic N) is 2. The highest BCUT2D eigenvalue weighted by molar-refractivity contribution is 5.94. The van der Waals surface area contributed by atoms with Crippen molar-refractivity contribution < 1.29 is 36.7 Å². The topological polar surface area (TPSA) is 96.5 Å². The van der Waals surface area contributed by atoms with Gasteiger partial charge in [0.15, 0.2) is 0 Å². The van der Waals surface area contributed by atoms with Crippen molar-refractivity contribution in [3.63, 3.8) is 0 Å². The summed E-state index contributed by atoms with van der Waals surface area (Å²) < 4.78 is 47.4. The van der Waals surface area contributed by atoms with E-state index in [1.165, 1.54) is 17.2 Å². The van der Waals surface area contributed by atoms with E-state index in [1.807, 2.05) is 36.4 Å². The quantitative estimate of drug-likeness (QED) is 0.258. The van der Waals surface area contributed by atoms with Crippen LogP contribution in [0.3, 0.4) is 0 Å². The Morgan fingerprint density at radius 1 is 0.978 bits per heavy atom.